The first-order chi connectivity index (χ1) is 12.9. The molecule has 0 saturated carbocycles. The molecule has 5 nitrogen and oxygen atoms in total. The molecule has 3 aromatic carbocycles. The maximum atomic E-state index is 12.9. The molecule has 0 aliphatic carbocycles. The molecular formula is C21H21NO4S. The zero-order chi connectivity index (χ0) is 19.4. The van der Waals surface area contributed by atoms with Crippen LogP contribution in [0, 0.1) is 6.92 Å². The maximum absolute atomic E-state index is 12.9. The van der Waals surface area contributed by atoms with Crippen LogP contribution in [0.15, 0.2) is 71.6 Å². The minimum atomic E-state index is -3.91. The van der Waals surface area contributed by atoms with Crippen LogP contribution in [0.4, 0.5) is 0 Å². The normalized spacial score (nSPS) is 12.7. The molecule has 0 aliphatic heterocycles. The van der Waals surface area contributed by atoms with E-state index in [1.165, 1.54) is 12.1 Å². The Labute approximate surface area is 159 Å². The number of benzene rings is 3. The molecule has 1 unspecified atom stereocenters. The van der Waals surface area contributed by atoms with Crippen LogP contribution < -0.4 is 4.72 Å². The van der Waals surface area contributed by atoms with Crippen molar-refractivity contribution in [2.45, 2.75) is 24.8 Å². The lowest BCUT2D eigenvalue weighted by atomic mass is 9.99. The minimum Gasteiger partial charge on any atom is -0.465 e. The molecule has 1 N–H and O–H groups in total. The summed E-state index contributed by atoms with van der Waals surface area (Å²) < 4.78 is 33.4. The first kappa shape index (κ1) is 19.1. The predicted molar refractivity (Wildman–Crippen MR) is 105 cm³/mol. The monoisotopic (exact) mass is 383 g/mol. The Morgan fingerprint density at radius 2 is 1.67 bits per heavy atom. The fourth-order valence-electron chi connectivity index (χ4n) is 2.91. The predicted octanol–water partition coefficient (Wildman–Crippen LogP) is 3.73. The Balaban J connectivity index is 2.06. The summed E-state index contributed by atoms with van der Waals surface area (Å²) in [5, 5.41) is 1.71. The summed E-state index contributed by atoms with van der Waals surface area (Å²) in [6.07, 6.45) is 0. The highest BCUT2D eigenvalue weighted by atomic mass is 32.2. The summed E-state index contributed by atoms with van der Waals surface area (Å²) in [4.78, 5) is 12.7. The van der Waals surface area contributed by atoms with Crippen LogP contribution in [0.25, 0.3) is 10.8 Å². The van der Waals surface area contributed by atoms with Gasteiger partial charge in [-0.15, -0.1) is 0 Å². The number of carbonyl (C=O) groups excluding carboxylic acids is 1. The van der Waals surface area contributed by atoms with Crippen molar-refractivity contribution in [2.75, 3.05) is 6.61 Å². The summed E-state index contributed by atoms with van der Waals surface area (Å²) in [6, 6.07) is 18.3. The number of nitrogens with one attached hydrogen (secondary N) is 1. The second-order valence-electron chi connectivity index (χ2n) is 6.19. The van der Waals surface area contributed by atoms with Crippen LogP contribution in [0.1, 0.15) is 24.1 Å². The Kier molecular flexibility index (Phi) is 5.58. The maximum Gasteiger partial charge on any atom is 0.328 e. The molecule has 0 saturated heterocycles. The Hall–Kier alpha value is -2.70. The Bertz CT molecular complexity index is 1050. The van der Waals surface area contributed by atoms with Gasteiger partial charge in [0.2, 0.25) is 10.0 Å². The highest BCUT2D eigenvalue weighted by molar-refractivity contribution is 7.89. The van der Waals surface area contributed by atoms with Gasteiger partial charge in [-0.1, -0.05) is 60.2 Å². The van der Waals surface area contributed by atoms with E-state index in [0.29, 0.717) is 5.56 Å². The van der Waals surface area contributed by atoms with Gasteiger partial charge in [-0.3, -0.25) is 0 Å². The molecule has 6 heteroatoms. The van der Waals surface area contributed by atoms with Gasteiger partial charge in [-0.25, -0.2) is 13.2 Å². The number of hydrogen-bond donors (Lipinski definition) is 1. The third kappa shape index (κ3) is 4.18. The SMILES string of the molecule is CCOC(=O)C(NS(=O)(=O)c1ccc(C)cc1)c1cccc2ccccc12. The van der Waals surface area contributed by atoms with Crippen LogP contribution in [0.3, 0.4) is 0 Å². The van der Waals surface area contributed by atoms with Gasteiger partial charge in [0.05, 0.1) is 11.5 Å². The Morgan fingerprint density at radius 1 is 1.00 bits per heavy atom. The van der Waals surface area contributed by atoms with E-state index >= 15 is 0 Å². The van der Waals surface area contributed by atoms with Gasteiger partial charge < -0.3 is 4.74 Å². The molecule has 0 heterocycles. The van der Waals surface area contributed by atoms with Crippen molar-refractivity contribution in [1.82, 2.24) is 4.72 Å². The lowest BCUT2D eigenvalue weighted by molar-refractivity contribution is -0.145. The number of sulfonamides is 1. The van der Waals surface area contributed by atoms with Gasteiger partial charge in [-0.2, -0.15) is 4.72 Å². The van der Waals surface area contributed by atoms with Crippen LogP contribution in [-0.4, -0.2) is 21.0 Å². The molecule has 0 amide bonds. The van der Waals surface area contributed by atoms with Crippen LogP contribution in [-0.2, 0) is 19.6 Å². The summed E-state index contributed by atoms with van der Waals surface area (Å²) in [5.74, 6) is -0.635. The van der Waals surface area contributed by atoms with E-state index in [9.17, 15) is 13.2 Å². The lowest BCUT2D eigenvalue weighted by Crippen LogP contribution is -2.35. The van der Waals surface area contributed by atoms with E-state index < -0.39 is 22.0 Å². The number of fused-ring (bicyclic) bond motifs is 1. The van der Waals surface area contributed by atoms with Gasteiger partial charge >= 0.3 is 5.97 Å². The summed E-state index contributed by atoms with van der Waals surface area (Å²) >= 11 is 0. The first-order valence-electron chi connectivity index (χ1n) is 8.65. The van der Waals surface area contributed by atoms with Gasteiger partial charge in [0.25, 0.3) is 0 Å². The van der Waals surface area contributed by atoms with Crippen molar-refractivity contribution in [3.05, 3.63) is 77.9 Å². The molecule has 3 aromatic rings. The van der Waals surface area contributed by atoms with Crippen molar-refractivity contribution in [3.63, 3.8) is 0 Å². The Morgan fingerprint density at radius 3 is 2.37 bits per heavy atom. The van der Waals surface area contributed by atoms with Gasteiger partial charge in [0.15, 0.2) is 0 Å². The zero-order valence-electron chi connectivity index (χ0n) is 15.2. The number of hydrogen-bond acceptors (Lipinski definition) is 4. The van der Waals surface area contributed by atoms with E-state index in [1.54, 1.807) is 31.2 Å². The van der Waals surface area contributed by atoms with Crippen LogP contribution >= 0.6 is 0 Å². The average molecular weight is 383 g/mol. The van der Waals surface area contributed by atoms with E-state index in [4.69, 9.17) is 4.74 Å². The molecule has 1 atom stereocenters. The number of ether oxygens (including phenoxy) is 1. The standard InChI is InChI=1S/C21H21NO4S/c1-3-26-21(23)20(19-10-6-8-16-7-4-5-9-18(16)19)22-27(24,25)17-13-11-15(2)12-14-17/h4-14,20,22H,3H2,1-2H3. The summed E-state index contributed by atoms with van der Waals surface area (Å²) in [6.45, 7) is 3.72. The van der Waals surface area contributed by atoms with E-state index in [1.807, 2.05) is 37.3 Å². The molecule has 0 bridgehead atoms. The van der Waals surface area contributed by atoms with Crippen molar-refractivity contribution in [2.24, 2.45) is 0 Å². The van der Waals surface area contributed by atoms with Crippen LogP contribution in [0.5, 0.6) is 0 Å². The highest BCUT2D eigenvalue weighted by Crippen LogP contribution is 2.27. The summed E-state index contributed by atoms with van der Waals surface area (Å²) in [5.41, 5.74) is 1.51. The molecule has 27 heavy (non-hydrogen) atoms. The second kappa shape index (κ2) is 7.90. The van der Waals surface area contributed by atoms with Gasteiger partial charge in [0, 0.05) is 0 Å². The van der Waals surface area contributed by atoms with E-state index in [0.717, 1.165) is 16.3 Å². The quantitative estimate of drug-likeness (QED) is 0.658. The molecule has 0 aromatic heterocycles. The number of rotatable bonds is 6. The van der Waals surface area contributed by atoms with E-state index in [-0.39, 0.29) is 11.5 Å². The minimum absolute atomic E-state index is 0.0997. The van der Waals surface area contributed by atoms with Crippen molar-refractivity contribution >= 4 is 26.8 Å². The molecule has 0 spiro atoms. The highest BCUT2D eigenvalue weighted by Gasteiger charge is 2.29. The fraction of sp³-hybridized carbons (Fsp3) is 0.190. The smallest absolute Gasteiger partial charge is 0.328 e. The molecule has 0 radical (unpaired) electrons. The van der Waals surface area contributed by atoms with Gasteiger partial charge in [0.1, 0.15) is 6.04 Å². The third-order valence-corrected chi connectivity index (χ3v) is 5.70. The topological polar surface area (TPSA) is 72.5 Å². The molecule has 3 rings (SSSR count). The number of esters is 1. The van der Waals surface area contributed by atoms with Crippen molar-refractivity contribution < 1.29 is 17.9 Å². The average Bonchev–Trinajstić information content (AvgIpc) is 2.66. The first-order valence-corrected chi connectivity index (χ1v) is 10.1. The zero-order valence-corrected chi connectivity index (χ0v) is 16.0. The summed E-state index contributed by atoms with van der Waals surface area (Å²) in [7, 11) is -3.91. The lowest BCUT2D eigenvalue weighted by Gasteiger charge is -2.19. The second-order valence-corrected chi connectivity index (χ2v) is 7.90. The molecular weight excluding hydrogens is 362 g/mol. The fourth-order valence-corrected chi connectivity index (χ4v) is 4.07. The molecule has 140 valence electrons. The molecule has 0 aliphatic rings. The van der Waals surface area contributed by atoms with Gasteiger partial charge in [-0.05, 0) is 42.3 Å². The third-order valence-electron chi connectivity index (χ3n) is 4.26. The largest absolute Gasteiger partial charge is 0.465 e. The number of aryl methyl sites for hydroxylation is 1. The van der Waals surface area contributed by atoms with Crippen LogP contribution in [0.2, 0.25) is 0 Å². The van der Waals surface area contributed by atoms with Crippen molar-refractivity contribution in [3.8, 4) is 0 Å². The molecule has 0 fully saturated rings. The van der Waals surface area contributed by atoms with E-state index in [2.05, 4.69) is 4.72 Å². The van der Waals surface area contributed by atoms with Crippen molar-refractivity contribution in [1.29, 1.82) is 0 Å². The number of carbonyl (C=O) groups is 1.